The second kappa shape index (κ2) is 8.49. The Balaban J connectivity index is 2.11. The van der Waals surface area contributed by atoms with E-state index in [2.05, 4.69) is 16.6 Å². The quantitative estimate of drug-likeness (QED) is 0.556. The third-order valence-corrected chi connectivity index (χ3v) is 3.47. The standard InChI is InChI=1S/C12H20N2OS/c1-2-9-16-10-8-14-12(15)11-6-4-3-5-7-13-11/h1,11,13H,3-10H2,(H,14,15). The predicted octanol–water partition coefficient (Wildman–Crippen LogP) is 1.00. The Kier molecular flexibility index (Phi) is 7.11. The number of carbonyl (C=O) groups is 1. The zero-order chi connectivity index (χ0) is 11.6. The maximum atomic E-state index is 11.8. The summed E-state index contributed by atoms with van der Waals surface area (Å²) in [6.45, 7) is 1.67. The van der Waals surface area contributed by atoms with Gasteiger partial charge in [-0.05, 0) is 19.4 Å². The molecule has 4 heteroatoms. The fourth-order valence-electron chi connectivity index (χ4n) is 1.75. The van der Waals surface area contributed by atoms with Gasteiger partial charge in [0.15, 0.2) is 0 Å². The second-order valence-corrected chi connectivity index (χ2v) is 5.01. The molecule has 1 amide bonds. The molecule has 90 valence electrons. The number of terminal acetylenes is 1. The number of rotatable bonds is 5. The van der Waals surface area contributed by atoms with Gasteiger partial charge >= 0.3 is 0 Å². The maximum Gasteiger partial charge on any atom is 0.237 e. The van der Waals surface area contributed by atoms with Crippen LogP contribution in [-0.4, -0.2) is 36.5 Å². The Hall–Kier alpha value is -0.660. The van der Waals surface area contributed by atoms with Gasteiger partial charge in [-0.15, -0.1) is 18.2 Å². The molecule has 0 spiro atoms. The van der Waals surface area contributed by atoms with Crippen molar-refractivity contribution < 1.29 is 4.79 Å². The van der Waals surface area contributed by atoms with Gasteiger partial charge in [-0.1, -0.05) is 18.8 Å². The van der Waals surface area contributed by atoms with E-state index >= 15 is 0 Å². The van der Waals surface area contributed by atoms with Crippen LogP contribution < -0.4 is 10.6 Å². The van der Waals surface area contributed by atoms with Crippen molar-refractivity contribution in [2.75, 3.05) is 24.6 Å². The molecule has 0 aromatic rings. The summed E-state index contributed by atoms with van der Waals surface area (Å²) in [5.74, 6) is 4.32. The molecule has 0 aromatic carbocycles. The summed E-state index contributed by atoms with van der Waals surface area (Å²) in [7, 11) is 0. The lowest BCUT2D eigenvalue weighted by Gasteiger charge is -2.15. The van der Waals surface area contributed by atoms with E-state index in [-0.39, 0.29) is 11.9 Å². The molecule has 1 heterocycles. The highest BCUT2D eigenvalue weighted by Gasteiger charge is 2.18. The van der Waals surface area contributed by atoms with Crippen molar-refractivity contribution in [3.63, 3.8) is 0 Å². The molecule has 1 rings (SSSR count). The van der Waals surface area contributed by atoms with Crippen LogP contribution in [0.2, 0.25) is 0 Å². The highest BCUT2D eigenvalue weighted by Crippen LogP contribution is 2.08. The van der Waals surface area contributed by atoms with Crippen LogP contribution in [0.25, 0.3) is 0 Å². The molecule has 1 atom stereocenters. The van der Waals surface area contributed by atoms with Crippen LogP contribution in [0.1, 0.15) is 25.7 Å². The minimum Gasteiger partial charge on any atom is -0.354 e. The summed E-state index contributed by atoms with van der Waals surface area (Å²) in [4.78, 5) is 11.8. The lowest BCUT2D eigenvalue weighted by atomic mass is 10.1. The lowest BCUT2D eigenvalue weighted by Crippen LogP contribution is -2.44. The molecule has 0 aliphatic carbocycles. The Morgan fingerprint density at radius 3 is 3.19 bits per heavy atom. The first-order valence-corrected chi connectivity index (χ1v) is 7.02. The number of carbonyl (C=O) groups excluding carboxylic acids is 1. The first-order valence-electron chi connectivity index (χ1n) is 5.87. The molecule has 1 saturated heterocycles. The first-order chi connectivity index (χ1) is 7.84. The van der Waals surface area contributed by atoms with Gasteiger partial charge in [0.1, 0.15) is 0 Å². The highest BCUT2D eigenvalue weighted by molar-refractivity contribution is 7.99. The molecule has 2 N–H and O–H groups in total. The molecule has 1 aliphatic heterocycles. The molecule has 0 aromatic heterocycles. The lowest BCUT2D eigenvalue weighted by molar-refractivity contribution is -0.123. The van der Waals surface area contributed by atoms with Crippen LogP contribution in [0.5, 0.6) is 0 Å². The minimum absolute atomic E-state index is 0.0140. The van der Waals surface area contributed by atoms with Crippen molar-refractivity contribution in [3.05, 3.63) is 0 Å². The van der Waals surface area contributed by atoms with Crippen molar-refractivity contribution in [2.24, 2.45) is 0 Å². The number of amides is 1. The van der Waals surface area contributed by atoms with Gasteiger partial charge < -0.3 is 10.6 Å². The molecule has 0 saturated carbocycles. The summed E-state index contributed by atoms with van der Waals surface area (Å²) >= 11 is 1.67. The van der Waals surface area contributed by atoms with Crippen molar-refractivity contribution in [2.45, 2.75) is 31.7 Å². The van der Waals surface area contributed by atoms with Crippen LogP contribution in [0.3, 0.4) is 0 Å². The van der Waals surface area contributed by atoms with Crippen molar-refractivity contribution in [3.8, 4) is 12.3 Å². The van der Waals surface area contributed by atoms with Crippen LogP contribution >= 0.6 is 11.8 Å². The summed E-state index contributed by atoms with van der Waals surface area (Å²) in [5.41, 5.74) is 0. The largest absolute Gasteiger partial charge is 0.354 e. The molecule has 0 bridgehead atoms. The van der Waals surface area contributed by atoms with Gasteiger partial charge in [-0.2, -0.15) is 0 Å². The van der Waals surface area contributed by atoms with Gasteiger partial charge in [0, 0.05) is 12.3 Å². The topological polar surface area (TPSA) is 41.1 Å². The van der Waals surface area contributed by atoms with Gasteiger partial charge in [0.05, 0.1) is 11.8 Å². The van der Waals surface area contributed by atoms with Gasteiger partial charge in [-0.25, -0.2) is 0 Å². The molecule has 1 aliphatic rings. The van der Waals surface area contributed by atoms with E-state index in [4.69, 9.17) is 6.42 Å². The first kappa shape index (κ1) is 13.4. The molecule has 1 fully saturated rings. The van der Waals surface area contributed by atoms with Crippen molar-refractivity contribution in [1.29, 1.82) is 0 Å². The summed E-state index contributed by atoms with van der Waals surface area (Å²) in [6, 6.07) is 0.0140. The molecular weight excluding hydrogens is 220 g/mol. The van der Waals surface area contributed by atoms with Gasteiger partial charge in [0.2, 0.25) is 5.91 Å². The average molecular weight is 240 g/mol. The third-order valence-electron chi connectivity index (χ3n) is 2.61. The fraction of sp³-hybridized carbons (Fsp3) is 0.750. The molecule has 16 heavy (non-hydrogen) atoms. The SMILES string of the molecule is C#CCSCCNC(=O)C1CCCCCN1. The van der Waals surface area contributed by atoms with E-state index in [9.17, 15) is 4.79 Å². The van der Waals surface area contributed by atoms with E-state index in [1.165, 1.54) is 12.8 Å². The summed E-state index contributed by atoms with van der Waals surface area (Å²) in [6.07, 6.45) is 9.66. The van der Waals surface area contributed by atoms with E-state index in [1.807, 2.05) is 0 Å². The predicted molar refractivity (Wildman–Crippen MR) is 69.4 cm³/mol. The maximum absolute atomic E-state index is 11.8. The number of thioether (sulfide) groups is 1. The molecular formula is C12H20N2OS. The Bertz CT molecular complexity index is 242. The number of hydrogen-bond donors (Lipinski definition) is 2. The van der Waals surface area contributed by atoms with E-state index in [1.54, 1.807) is 11.8 Å². The number of hydrogen-bond acceptors (Lipinski definition) is 3. The normalized spacial score (nSPS) is 20.8. The zero-order valence-electron chi connectivity index (χ0n) is 9.63. The van der Waals surface area contributed by atoms with E-state index in [0.717, 1.165) is 30.9 Å². The van der Waals surface area contributed by atoms with Gasteiger partial charge in [-0.3, -0.25) is 4.79 Å². The zero-order valence-corrected chi connectivity index (χ0v) is 10.4. The van der Waals surface area contributed by atoms with Crippen LogP contribution in [0.4, 0.5) is 0 Å². The third kappa shape index (κ3) is 5.43. The van der Waals surface area contributed by atoms with Crippen LogP contribution in [0.15, 0.2) is 0 Å². The molecule has 1 unspecified atom stereocenters. The average Bonchev–Trinajstić information content (AvgIpc) is 2.57. The smallest absolute Gasteiger partial charge is 0.237 e. The Morgan fingerprint density at radius 2 is 2.38 bits per heavy atom. The highest BCUT2D eigenvalue weighted by atomic mass is 32.2. The van der Waals surface area contributed by atoms with Crippen molar-refractivity contribution >= 4 is 17.7 Å². The monoisotopic (exact) mass is 240 g/mol. The van der Waals surface area contributed by atoms with E-state index in [0.29, 0.717) is 6.54 Å². The van der Waals surface area contributed by atoms with Crippen LogP contribution in [-0.2, 0) is 4.79 Å². The molecule has 3 nitrogen and oxygen atoms in total. The van der Waals surface area contributed by atoms with E-state index < -0.39 is 0 Å². The Morgan fingerprint density at radius 1 is 1.50 bits per heavy atom. The minimum atomic E-state index is 0.0140. The van der Waals surface area contributed by atoms with Crippen molar-refractivity contribution in [1.82, 2.24) is 10.6 Å². The second-order valence-electron chi connectivity index (χ2n) is 3.90. The Labute approximate surface area is 102 Å². The fourth-order valence-corrected chi connectivity index (χ4v) is 2.26. The summed E-state index contributed by atoms with van der Waals surface area (Å²) < 4.78 is 0. The van der Waals surface area contributed by atoms with Crippen LogP contribution in [0, 0.1) is 12.3 Å². The molecule has 0 radical (unpaired) electrons. The summed E-state index contributed by atoms with van der Waals surface area (Å²) in [5, 5.41) is 6.23. The number of nitrogens with one attached hydrogen (secondary N) is 2. The van der Waals surface area contributed by atoms with Gasteiger partial charge in [0.25, 0.3) is 0 Å².